The third-order valence-corrected chi connectivity index (χ3v) is 4.04. The number of aryl methyl sites for hydroxylation is 1. The number of aromatic nitrogens is 2. The van der Waals surface area contributed by atoms with E-state index in [0.717, 1.165) is 23.2 Å². The Morgan fingerprint density at radius 2 is 2.29 bits per heavy atom. The predicted octanol–water partition coefficient (Wildman–Crippen LogP) is 2.13. The summed E-state index contributed by atoms with van der Waals surface area (Å²) in [6.07, 6.45) is 7.41. The molecule has 2 N–H and O–H groups in total. The Hall–Kier alpha value is -0.990. The fraction of sp³-hybridized carbons (Fsp3) is 0.727. The van der Waals surface area contributed by atoms with Gasteiger partial charge in [0.2, 0.25) is 0 Å². The molecule has 0 saturated heterocycles. The molecular weight excluding hydrogens is 174 g/mol. The van der Waals surface area contributed by atoms with E-state index in [1.165, 1.54) is 25.7 Å². The van der Waals surface area contributed by atoms with Gasteiger partial charge in [0, 0.05) is 5.56 Å². The molecule has 3 atom stereocenters. The average Bonchev–Trinajstić information content (AvgIpc) is 2.84. The van der Waals surface area contributed by atoms with Gasteiger partial charge in [-0.05, 0) is 38.0 Å². The molecule has 14 heavy (non-hydrogen) atoms. The van der Waals surface area contributed by atoms with Crippen LogP contribution in [0.1, 0.15) is 37.3 Å². The molecule has 1 aromatic rings. The van der Waals surface area contributed by atoms with Gasteiger partial charge in [-0.25, -0.2) is 4.68 Å². The summed E-state index contributed by atoms with van der Waals surface area (Å²) in [6.45, 7) is 2.03. The lowest BCUT2D eigenvalue weighted by molar-refractivity contribution is 0.310. The van der Waals surface area contributed by atoms with E-state index in [2.05, 4.69) is 9.78 Å². The summed E-state index contributed by atoms with van der Waals surface area (Å²) in [5, 5.41) is 4.41. The van der Waals surface area contributed by atoms with Gasteiger partial charge in [-0.1, -0.05) is 6.42 Å². The van der Waals surface area contributed by atoms with Crippen LogP contribution in [-0.2, 0) is 0 Å². The van der Waals surface area contributed by atoms with Crippen LogP contribution in [0.25, 0.3) is 0 Å². The summed E-state index contributed by atoms with van der Waals surface area (Å²) < 4.78 is 2.07. The Bertz CT molecular complexity index is 355. The van der Waals surface area contributed by atoms with E-state index in [1.807, 2.05) is 13.1 Å². The number of nitrogens with zero attached hydrogens (tertiary/aromatic N) is 2. The van der Waals surface area contributed by atoms with Crippen molar-refractivity contribution in [3.63, 3.8) is 0 Å². The third kappa shape index (κ3) is 1.01. The summed E-state index contributed by atoms with van der Waals surface area (Å²) in [7, 11) is 0. The summed E-state index contributed by atoms with van der Waals surface area (Å²) in [5.41, 5.74) is 7.13. The fourth-order valence-corrected chi connectivity index (χ4v) is 3.23. The van der Waals surface area contributed by atoms with Gasteiger partial charge in [0.05, 0.1) is 12.2 Å². The molecule has 2 fully saturated rings. The van der Waals surface area contributed by atoms with Crippen molar-refractivity contribution in [2.75, 3.05) is 5.73 Å². The Balaban J connectivity index is 1.93. The van der Waals surface area contributed by atoms with E-state index in [1.54, 1.807) is 0 Å². The molecule has 0 amide bonds. The molecule has 3 rings (SSSR count). The minimum absolute atomic E-state index is 0.599. The largest absolute Gasteiger partial charge is 0.384 e. The highest BCUT2D eigenvalue weighted by Gasteiger charge is 2.41. The van der Waals surface area contributed by atoms with Gasteiger partial charge in [0.25, 0.3) is 0 Å². The molecule has 2 aliphatic carbocycles. The van der Waals surface area contributed by atoms with Crippen molar-refractivity contribution in [3.8, 4) is 0 Å². The van der Waals surface area contributed by atoms with E-state index in [9.17, 15) is 0 Å². The average molecular weight is 191 g/mol. The Kier molecular flexibility index (Phi) is 1.64. The van der Waals surface area contributed by atoms with Crippen molar-refractivity contribution in [2.24, 2.45) is 11.8 Å². The molecule has 0 radical (unpaired) electrons. The topological polar surface area (TPSA) is 43.8 Å². The molecule has 3 unspecified atom stereocenters. The fourth-order valence-electron chi connectivity index (χ4n) is 3.23. The Morgan fingerprint density at radius 1 is 1.43 bits per heavy atom. The molecule has 0 aromatic carbocycles. The van der Waals surface area contributed by atoms with Crippen molar-refractivity contribution in [3.05, 3.63) is 11.8 Å². The monoisotopic (exact) mass is 191 g/mol. The van der Waals surface area contributed by atoms with Crippen LogP contribution in [0.5, 0.6) is 0 Å². The van der Waals surface area contributed by atoms with Gasteiger partial charge in [0.1, 0.15) is 5.82 Å². The second-order valence-corrected chi connectivity index (χ2v) is 4.90. The zero-order valence-corrected chi connectivity index (χ0v) is 8.61. The summed E-state index contributed by atoms with van der Waals surface area (Å²) in [4.78, 5) is 0. The van der Waals surface area contributed by atoms with E-state index >= 15 is 0 Å². The lowest BCUT2D eigenvalue weighted by Gasteiger charge is -2.23. The van der Waals surface area contributed by atoms with Gasteiger partial charge in [-0.3, -0.25) is 0 Å². The molecule has 2 aliphatic rings. The van der Waals surface area contributed by atoms with Crippen molar-refractivity contribution < 1.29 is 0 Å². The number of nitrogens with two attached hydrogens (primary N) is 1. The molecule has 3 heteroatoms. The second-order valence-electron chi connectivity index (χ2n) is 4.90. The maximum absolute atomic E-state index is 6.01. The Morgan fingerprint density at radius 3 is 2.79 bits per heavy atom. The number of anilines is 1. The van der Waals surface area contributed by atoms with Gasteiger partial charge < -0.3 is 5.73 Å². The molecular formula is C11H17N3. The second kappa shape index (κ2) is 2.75. The van der Waals surface area contributed by atoms with Crippen LogP contribution in [0.2, 0.25) is 0 Å². The van der Waals surface area contributed by atoms with Crippen molar-refractivity contribution in [1.82, 2.24) is 9.78 Å². The molecule has 76 valence electrons. The highest BCUT2D eigenvalue weighted by Crippen LogP contribution is 2.51. The van der Waals surface area contributed by atoms with E-state index in [-0.39, 0.29) is 0 Å². The van der Waals surface area contributed by atoms with Crippen LogP contribution in [-0.4, -0.2) is 9.78 Å². The molecule has 1 heterocycles. The number of hydrogen-bond donors (Lipinski definition) is 1. The van der Waals surface area contributed by atoms with Gasteiger partial charge >= 0.3 is 0 Å². The smallest absolute Gasteiger partial charge is 0.124 e. The molecule has 0 aliphatic heterocycles. The van der Waals surface area contributed by atoms with Crippen molar-refractivity contribution >= 4 is 5.82 Å². The van der Waals surface area contributed by atoms with Crippen LogP contribution >= 0.6 is 0 Å². The van der Waals surface area contributed by atoms with Crippen LogP contribution < -0.4 is 5.73 Å². The van der Waals surface area contributed by atoms with E-state index in [0.29, 0.717) is 6.04 Å². The van der Waals surface area contributed by atoms with Crippen LogP contribution in [0.15, 0.2) is 6.20 Å². The standard InChI is InChI=1S/C11H17N3/c1-7-6-13-14(11(7)12)10-5-8-2-3-9(10)4-8/h6,8-10H,2-5,12H2,1H3. The summed E-state index contributed by atoms with van der Waals surface area (Å²) in [6, 6.07) is 0.599. The molecule has 2 bridgehead atoms. The Labute approximate surface area is 84.3 Å². The number of hydrogen-bond acceptors (Lipinski definition) is 2. The zero-order valence-electron chi connectivity index (χ0n) is 8.61. The van der Waals surface area contributed by atoms with E-state index in [4.69, 9.17) is 5.73 Å². The third-order valence-electron chi connectivity index (χ3n) is 4.04. The van der Waals surface area contributed by atoms with Crippen LogP contribution in [0.4, 0.5) is 5.82 Å². The zero-order chi connectivity index (χ0) is 9.71. The first-order valence-corrected chi connectivity index (χ1v) is 5.55. The lowest BCUT2D eigenvalue weighted by Crippen LogP contribution is -2.19. The number of nitrogen functional groups attached to an aromatic ring is 1. The van der Waals surface area contributed by atoms with Crippen LogP contribution in [0.3, 0.4) is 0 Å². The maximum Gasteiger partial charge on any atom is 0.124 e. The molecule has 2 saturated carbocycles. The van der Waals surface area contributed by atoms with Gasteiger partial charge in [0.15, 0.2) is 0 Å². The minimum Gasteiger partial charge on any atom is -0.384 e. The van der Waals surface area contributed by atoms with Crippen LogP contribution in [0, 0.1) is 18.8 Å². The molecule has 3 nitrogen and oxygen atoms in total. The highest BCUT2D eigenvalue weighted by atomic mass is 15.3. The molecule has 0 spiro atoms. The SMILES string of the molecule is Cc1cnn(C2CC3CCC2C3)c1N. The lowest BCUT2D eigenvalue weighted by atomic mass is 9.95. The van der Waals surface area contributed by atoms with Gasteiger partial charge in [-0.15, -0.1) is 0 Å². The highest BCUT2D eigenvalue weighted by molar-refractivity contribution is 5.37. The van der Waals surface area contributed by atoms with Crippen molar-refractivity contribution in [1.29, 1.82) is 0 Å². The normalized spacial score (nSPS) is 35.4. The maximum atomic E-state index is 6.01. The van der Waals surface area contributed by atoms with E-state index < -0.39 is 0 Å². The number of fused-ring (bicyclic) bond motifs is 2. The molecule has 1 aromatic heterocycles. The van der Waals surface area contributed by atoms with Crippen molar-refractivity contribution in [2.45, 2.75) is 38.6 Å². The number of rotatable bonds is 1. The predicted molar refractivity (Wildman–Crippen MR) is 55.9 cm³/mol. The minimum atomic E-state index is 0.599. The quantitative estimate of drug-likeness (QED) is 0.739. The summed E-state index contributed by atoms with van der Waals surface area (Å²) in [5.74, 6) is 2.68. The van der Waals surface area contributed by atoms with Gasteiger partial charge in [-0.2, -0.15) is 5.10 Å². The first-order valence-electron chi connectivity index (χ1n) is 5.55. The first kappa shape index (κ1) is 8.33. The summed E-state index contributed by atoms with van der Waals surface area (Å²) >= 11 is 0. The first-order chi connectivity index (χ1) is 6.75.